The second-order valence-electron chi connectivity index (χ2n) is 8.69. The lowest BCUT2D eigenvalue weighted by Gasteiger charge is -2.41. The van der Waals surface area contributed by atoms with E-state index in [2.05, 4.69) is 0 Å². The minimum absolute atomic E-state index is 0.0313. The van der Waals surface area contributed by atoms with Gasteiger partial charge < -0.3 is 14.9 Å². The summed E-state index contributed by atoms with van der Waals surface area (Å²) in [7, 11) is -3.62. The standard InChI is InChI=1S/C24H30FNO5S/c25-21-15-20(24(23(28)17-27)10-13-31-14-11-24)9-8-19(21)16-26-12-4-7-22(32(26,29)30)18-5-2-1-3-6-18/h1-3,5-6,8-9,15,22-23,27-28H,4,7,10-14,16-17H2/t22-,23+/m1/s1. The monoisotopic (exact) mass is 463 g/mol. The van der Waals surface area contributed by atoms with Crippen LogP contribution in [0, 0.1) is 5.82 Å². The average Bonchev–Trinajstić information content (AvgIpc) is 2.81. The molecule has 2 N–H and O–H groups in total. The van der Waals surface area contributed by atoms with Crippen molar-refractivity contribution >= 4 is 10.0 Å². The normalized spacial score (nSPS) is 24.2. The average molecular weight is 464 g/mol. The number of aliphatic hydroxyl groups is 2. The topological polar surface area (TPSA) is 87.1 Å². The van der Waals surface area contributed by atoms with Crippen LogP contribution >= 0.6 is 0 Å². The fraction of sp³-hybridized carbons (Fsp3) is 0.500. The quantitative estimate of drug-likeness (QED) is 0.688. The summed E-state index contributed by atoms with van der Waals surface area (Å²) in [6.45, 7) is 0.755. The lowest BCUT2D eigenvalue weighted by Crippen LogP contribution is -2.46. The Morgan fingerprint density at radius 3 is 2.53 bits per heavy atom. The first-order valence-electron chi connectivity index (χ1n) is 11.1. The van der Waals surface area contributed by atoms with Crippen molar-refractivity contribution in [1.82, 2.24) is 4.31 Å². The number of benzene rings is 2. The van der Waals surface area contributed by atoms with Gasteiger partial charge in [-0.1, -0.05) is 42.5 Å². The molecule has 2 atom stereocenters. The van der Waals surface area contributed by atoms with Crippen LogP contribution in [0.1, 0.15) is 47.6 Å². The smallest absolute Gasteiger partial charge is 0.221 e. The maximum atomic E-state index is 15.2. The van der Waals surface area contributed by atoms with Crippen molar-refractivity contribution in [2.24, 2.45) is 0 Å². The fourth-order valence-corrected chi connectivity index (χ4v) is 7.01. The number of hydrogen-bond donors (Lipinski definition) is 2. The third-order valence-corrected chi connectivity index (χ3v) is 9.19. The van der Waals surface area contributed by atoms with Gasteiger partial charge in [0.15, 0.2) is 0 Å². The van der Waals surface area contributed by atoms with E-state index < -0.39 is 39.2 Å². The summed E-state index contributed by atoms with van der Waals surface area (Å²) in [6, 6.07) is 13.9. The van der Waals surface area contributed by atoms with Gasteiger partial charge in [0.05, 0.1) is 12.7 Å². The number of aliphatic hydroxyl groups excluding tert-OH is 2. The fourth-order valence-electron chi connectivity index (χ4n) is 4.98. The van der Waals surface area contributed by atoms with E-state index in [1.807, 2.05) is 30.3 Å². The predicted molar refractivity (Wildman–Crippen MR) is 119 cm³/mol. The molecule has 0 aromatic heterocycles. The highest BCUT2D eigenvalue weighted by Crippen LogP contribution is 2.39. The van der Waals surface area contributed by atoms with E-state index in [1.54, 1.807) is 12.1 Å². The molecule has 0 radical (unpaired) electrons. The van der Waals surface area contributed by atoms with Crippen LogP contribution < -0.4 is 0 Å². The maximum Gasteiger partial charge on any atom is 0.221 e. The van der Waals surface area contributed by atoms with E-state index in [9.17, 15) is 18.6 Å². The number of ether oxygens (including phenoxy) is 1. The Kier molecular flexibility index (Phi) is 6.97. The van der Waals surface area contributed by atoms with Crippen LogP contribution in [-0.2, 0) is 26.7 Å². The molecule has 32 heavy (non-hydrogen) atoms. The summed E-state index contributed by atoms with van der Waals surface area (Å²) in [5.74, 6) is -0.504. The second-order valence-corrected chi connectivity index (χ2v) is 10.8. The lowest BCUT2D eigenvalue weighted by atomic mass is 9.70. The minimum atomic E-state index is -3.62. The van der Waals surface area contributed by atoms with Crippen LogP contribution in [0.3, 0.4) is 0 Å². The second kappa shape index (κ2) is 9.57. The molecular formula is C24H30FNO5S. The van der Waals surface area contributed by atoms with E-state index in [1.165, 1.54) is 10.4 Å². The third kappa shape index (κ3) is 4.34. The molecule has 2 saturated heterocycles. The largest absolute Gasteiger partial charge is 0.394 e. The van der Waals surface area contributed by atoms with E-state index in [0.29, 0.717) is 56.6 Å². The molecule has 0 amide bonds. The zero-order valence-corrected chi connectivity index (χ0v) is 18.8. The third-order valence-electron chi connectivity index (χ3n) is 6.94. The van der Waals surface area contributed by atoms with Gasteiger partial charge in [0.2, 0.25) is 10.0 Å². The Labute approximate surface area is 188 Å². The zero-order valence-electron chi connectivity index (χ0n) is 18.0. The number of hydrogen-bond acceptors (Lipinski definition) is 5. The van der Waals surface area contributed by atoms with E-state index in [4.69, 9.17) is 4.74 Å². The molecule has 0 bridgehead atoms. The lowest BCUT2D eigenvalue weighted by molar-refractivity contribution is -0.0372. The zero-order chi connectivity index (χ0) is 22.8. The molecule has 6 nitrogen and oxygen atoms in total. The van der Waals surface area contributed by atoms with Crippen LogP contribution in [0.5, 0.6) is 0 Å². The van der Waals surface area contributed by atoms with Crippen molar-refractivity contribution in [2.45, 2.75) is 49.0 Å². The van der Waals surface area contributed by atoms with E-state index in [0.717, 1.165) is 5.56 Å². The maximum absolute atomic E-state index is 15.2. The summed E-state index contributed by atoms with van der Waals surface area (Å²) in [4.78, 5) is 0. The highest BCUT2D eigenvalue weighted by atomic mass is 32.2. The van der Waals surface area contributed by atoms with Gasteiger partial charge in [-0.3, -0.25) is 0 Å². The van der Waals surface area contributed by atoms with Crippen LogP contribution in [0.4, 0.5) is 4.39 Å². The van der Waals surface area contributed by atoms with Gasteiger partial charge in [0.1, 0.15) is 11.1 Å². The van der Waals surface area contributed by atoms with Crippen molar-refractivity contribution in [3.8, 4) is 0 Å². The van der Waals surface area contributed by atoms with Gasteiger partial charge in [-0.15, -0.1) is 0 Å². The predicted octanol–water partition coefficient (Wildman–Crippen LogP) is 2.89. The van der Waals surface area contributed by atoms with Crippen molar-refractivity contribution in [3.63, 3.8) is 0 Å². The first-order valence-corrected chi connectivity index (χ1v) is 12.6. The van der Waals surface area contributed by atoms with E-state index >= 15 is 4.39 Å². The highest BCUT2D eigenvalue weighted by Gasteiger charge is 2.42. The number of nitrogens with zero attached hydrogens (tertiary/aromatic N) is 1. The summed E-state index contributed by atoms with van der Waals surface area (Å²) in [5.41, 5.74) is 0.883. The summed E-state index contributed by atoms with van der Waals surface area (Å²) in [6.07, 6.45) is 1.20. The van der Waals surface area contributed by atoms with Crippen molar-refractivity contribution in [3.05, 3.63) is 71.0 Å². The Morgan fingerprint density at radius 1 is 1.16 bits per heavy atom. The number of sulfonamides is 1. The van der Waals surface area contributed by atoms with Crippen molar-refractivity contribution in [1.29, 1.82) is 0 Å². The Morgan fingerprint density at radius 2 is 1.88 bits per heavy atom. The molecule has 2 heterocycles. The molecule has 4 rings (SSSR count). The molecule has 2 aliphatic rings. The molecule has 0 unspecified atom stereocenters. The van der Waals surface area contributed by atoms with Crippen molar-refractivity contribution < 1.29 is 27.8 Å². The first kappa shape index (κ1) is 23.3. The Balaban J connectivity index is 1.59. The van der Waals surface area contributed by atoms with Crippen molar-refractivity contribution in [2.75, 3.05) is 26.4 Å². The molecule has 2 aliphatic heterocycles. The van der Waals surface area contributed by atoms with Gasteiger partial charge in [-0.25, -0.2) is 12.8 Å². The van der Waals surface area contributed by atoms with Gasteiger partial charge >= 0.3 is 0 Å². The SMILES string of the molecule is O=S1(=O)[C@@H](c2ccccc2)CCCN1Cc1ccc(C2([C@@H](O)CO)CCOCC2)cc1F. The highest BCUT2D eigenvalue weighted by molar-refractivity contribution is 7.89. The molecule has 2 fully saturated rings. The molecule has 0 aliphatic carbocycles. The Hall–Kier alpha value is -1.84. The van der Waals surface area contributed by atoms with Crippen LogP contribution in [0.2, 0.25) is 0 Å². The molecule has 2 aromatic rings. The summed E-state index contributed by atoms with van der Waals surface area (Å²) >= 11 is 0. The molecule has 0 spiro atoms. The number of halogens is 1. The number of rotatable bonds is 6. The van der Waals surface area contributed by atoms with Gasteiger partial charge in [-0.2, -0.15) is 4.31 Å². The summed E-state index contributed by atoms with van der Waals surface area (Å²) < 4.78 is 48.5. The molecular weight excluding hydrogens is 433 g/mol. The van der Waals surface area contributed by atoms with Crippen LogP contribution in [-0.4, -0.2) is 55.4 Å². The first-order chi connectivity index (χ1) is 15.4. The molecule has 0 saturated carbocycles. The molecule has 2 aromatic carbocycles. The van der Waals surface area contributed by atoms with Gasteiger partial charge in [0.25, 0.3) is 0 Å². The summed E-state index contributed by atoms with van der Waals surface area (Å²) in [5, 5.41) is 19.5. The van der Waals surface area contributed by atoms with E-state index in [-0.39, 0.29) is 6.54 Å². The molecule has 174 valence electrons. The minimum Gasteiger partial charge on any atom is -0.394 e. The van der Waals surface area contributed by atoms with Crippen LogP contribution in [0.25, 0.3) is 0 Å². The molecule has 8 heteroatoms. The van der Waals surface area contributed by atoms with Gasteiger partial charge in [0, 0.05) is 37.3 Å². The van der Waals surface area contributed by atoms with Gasteiger partial charge in [-0.05, 0) is 42.9 Å². The Bertz CT molecular complexity index is 1020. The van der Waals surface area contributed by atoms with Crippen LogP contribution in [0.15, 0.2) is 48.5 Å².